The summed E-state index contributed by atoms with van der Waals surface area (Å²) in [4.78, 5) is 10.8. The molecular weight excluding hydrogens is 252 g/mol. The van der Waals surface area contributed by atoms with Crippen molar-refractivity contribution in [3.63, 3.8) is 0 Å². The van der Waals surface area contributed by atoms with Crippen molar-refractivity contribution >= 4 is 5.78 Å². The summed E-state index contributed by atoms with van der Waals surface area (Å²) in [5.74, 6) is -1.19. The van der Waals surface area contributed by atoms with E-state index in [1.807, 2.05) is 0 Å². The van der Waals surface area contributed by atoms with E-state index in [2.05, 4.69) is 0 Å². The van der Waals surface area contributed by atoms with Gasteiger partial charge in [0.2, 0.25) is 0 Å². The van der Waals surface area contributed by atoms with Gasteiger partial charge in [-0.15, -0.1) is 0 Å². The summed E-state index contributed by atoms with van der Waals surface area (Å²) in [6, 6.07) is 0. The summed E-state index contributed by atoms with van der Waals surface area (Å²) in [7, 11) is 0. The van der Waals surface area contributed by atoms with Crippen molar-refractivity contribution < 1.29 is 45.6 Å². The minimum atomic E-state index is -2.17. The van der Waals surface area contributed by atoms with Crippen molar-refractivity contribution in [2.75, 3.05) is 13.2 Å². The van der Waals surface area contributed by atoms with Gasteiger partial charge in [0.1, 0.15) is 43.2 Å². The minimum absolute atomic E-state index is 0.904. The van der Waals surface area contributed by atoms with Crippen LogP contribution < -0.4 is 0 Å². The molecule has 0 rings (SSSR count). The number of Topliss-reactive ketones (excluding diaryl/α,β-unsaturated/α-hetero) is 1. The lowest BCUT2D eigenvalue weighted by molar-refractivity contribution is -0.165. The fraction of sp³-hybridized carbons (Fsp3) is 0.889. The van der Waals surface area contributed by atoms with Crippen LogP contribution in [0.2, 0.25) is 0 Å². The molecule has 0 aliphatic carbocycles. The molecule has 0 bridgehead atoms. The lowest BCUT2D eigenvalue weighted by Crippen LogP contribution is -2.54. The average Bonchev–Trinajstić information content (AvgIpc) is 2.40. The van der Waals surface area contributed by atoms with E-state index in [-0.39, 0.29) is 0 Å². The van der Waals surface area contributed by atoms with Gasteiger partial charge in [0.15, 0.2) is 5.78 Å². The SMILES string of the molecule is O=C(CO)[C@H](O)[C@@H](O)[C@H](O)[C@H](O)[C@@H](O)[C@H](O)CO. The number of aliphatic hydroxyl groups excluding tert-OH is 8. The van der Waals surface area contributed by atoms with Crippen LogP contribution in [0.3, 0.4) is 0 Å². The van der Waals surface area contributed by atoms with Gasteiger partial charge < -0.3 is 40.9 Å². The van der Waals surface area contributed by atoms with Crippen LogP contribution in [-0.4, -0.2) is 96.5 Å². The quantitative estimate of drug-likeness (QED) is 0.214. The van der Waals surface area contributed by atoms with E-state index >= 15 is 0 Å². The predicted octanol–water partition coefficient (Wildman–Crippen LogP) is -5.29. The van der Waals surface area contributed by atoms with Crippen LogP contribution in [0.15, 0.2) is 0 Å². The topological polar surface area (TPSA) is 179 Å². The molecule has 0 saturated carbocycles. The molecule has 9 nitrogen and oxygen atoms in total. The molecule has 108 valence electrons. The number of carbonyl (C=O) groups is 1. The second-order valence-electron chi connectivity index (χ2n) is 3.78. The summed E-state index contributed by atoms with van der Waals surface area (Å²) in [5, 5.41) is 72.4. The third-order valence-electron chi connectivity index (χ3n) is 2.44. The maximum Gasteiger partial charge on any atom is 0.189 e. The zero-order valence-corrected chi connectivity index (χ0v) is 9.36. The minimum Gasteiger partial charge on any atom is -0.394 e. The molecule has 8 N–H and O–H groups in total. The molecule has 0 heterocycles. The van der Waals surface area contributed by atoms with Crippen LogP contribution in [0.25, 0.3) is 0 Å². The van der Waals surface area contributed by atoms with E-state index in [0.717, 1.165) is 0 Å². The van der Waals surface area contributed by atoms with Gasteiger partial charge in [0, 0.05) is 0 Å². The Morgan fingerprint density at radius 2 is 1.22 bits per heavy atom. The molecule has 0 unspecified atom stereocenters. The second kappa shape index (κ2) is 7.71. The molecule has 0 fully saturated rings. The van der Waals surface area contributed by atoms with Crippen molar-refractivity contribution in [1.29, 1.82) is 0 Å². The summed E-state index contributed by atoms with van der Waals surface area (Å²) in [6.45, 7) is -1.98. The number of aliphatic hydroxyl groups is 8. The molecule has 0 radical (unpaired) electrons. The van der Waals surface area contributed by atoms with Crippen molar-refractivity contribution in [1.82, 2.24) is 0 Å². The lowest BCUT2D eigenvalue weighted by Gasteiger charge is -2.29. The highest BCUT2D eigenvalue weighted by atomic mass is 16.4. The maximum atomic E-state index is 10.8. The summed E-state index contributed by atoms with van der Waals surface area (Å²) in [5.41, 5.74) is 0. The Morgan fingerprint density at radius 1 is 0.778 bits per heavy atom. The van der Waals surface area contributed by atoms with Gasteiger partial charge in [0.25, 0.3) is 0 Å². The molecule has 0 aromatic heterocycles. The summed E-state index contributed by atoms with van der Waals surface area (Å²) >= 11 is 0. The second-order valence-corrected chi connectivity index (χ2v) is 3.78. The van der Waals surface area contributed by atoms with Crippen LogP contribution in [0.5, 0.6) is 0 Å². The normalized spacial score (nSPS) is 21.8. The van der Waals surface area contributed by atoms with Crippen molar-refractivity contribution in [3.8, 4) is 0 Å². The number of ketones is 1. The standard InChI is InChI=1S/C9H18O9/c10-1-3(12)5(14)7(16)9(18)8(17)6(15)4(13)2-11/h3,5-12,14-18H,1-2H2/t3-,5+,6+,7-,8-,9-/m1/s1. The molecule has 0 spiro atoms. The van der Waals surface area contributed by atoms with Gasteiger partial charge in [-0.3, -0.25) is 4.79 Å². The highest BCUT2D eigenvalue weighted by Crippen LogP contribution is 2.11. The van der Waals surface area contributed by atoms with E-state index < -0.39 is 55.6 Å². The highest BCUT2D eigenvalue weighted by molar-refractivity contribution is 5.84. The fourth-order valence-electron chi connectivity index (χ4n) is 1.21. The highest BCUT2D eigenvalue weighted by Gasteiger charge is 2.38. The molecular formula is C9H18O9. The van der Waals surface area contributed by atoms with E-state index in [1.165, 1.54) is 0 Å². The molecule has 0 aromatic carbocycles. The van der Waals surface area contributed by atoms with Crippen LogP contribution in [-0.2, 0) is 4.79 Å². The van der Waals surface area contributed by atoms with E-state index in [0.29, 0.717) is 0 Å². The average molecular weight is 270 g/mol. The Balaban J connectivity index is 4.62. The predicted molar refractivity (Wildman–Crippen MR) is 55.2 cm³/mol. The van der Waals surface area contributed by atoms with Crippen molar-refractivity contribution in [3.05, 3.63) is 0 Å². The Bertz CT molecular complexity index is 258. The summed E-state index contributed by atoms with van der Waals surface area (Å²) in [6.07, 6.45) is -12.4. The zero-order valence-electron chi connectivity index (χ0n) is 9.36. The van der Waals surface area contributed by atoms with Crippen molar-refractivity contribution in [2.24, 2.45) is 0 Å². The first kappa shape index (κ1) is 17.4. The van der Waals surface area contributed by atoms with Crippen molar-refractivity contribution in [2.45, 2.75) is 36.6 Å². The lowest BCUT2D eigenvalue weighted by atomic mass is 9.95. The Hall–Kier alpha value is -0.650. The van der Waals surface area contributed by atoms with Gasteiger partial charge in [-0.05, 0) is 0 Å². The maximum absolute atomic E-state index is 10.8. The zero-order chi connectivity index (χ0) is 14.5. The van der Waals surface area contributed by atoms with Crippen LogP contribution in [0.4, 0.5) is 0 Å². The molecule has 0 aromatic rings. The molecule has 0 aliphatic rings. The van der Waals surface area contributed by atoms with Crippen LogP contribution in [0, 0.1) is 0 Å². The number of hydrogen-bond acceptors (Lipinski definition) is 9. The molecule has 6 atom stereocenters. The first-order valence-corrected chi connectivity index (χ1v) is 5.10. The smallest absolute Gasteiger partial charge is 0.189 e. The van der Waals surface area contributed by atoms with E-state index in [1.54, 1.807) is 0 Å². The summed E-state index contributed by atoms with van der Waals surface area (Å²) < 4.78 is 0. The monoisotopic (exact) mass is 270 g/mol. The number of rotatable bonds is 8. The fourth-order valence-corrected chi connectivity index (χ4v) is 1.21. The third-order valence-corrected chi connectivity index (χ3v) is 2.44. The van der Waals surface area contributed by atoms with Crippen LogP contribution in [0.1, 0.15) is 0 Å². The largest absolute Gasteiger partial charge is 0.394 e. The molecule has 0 aliphatic heterocycles. The first-order chi connectivity index (χ1) is 8.27. The Kier molecular flexibility index (Phi) is 7.43. The molecule has 0 amide bonds. The van der Waals surface area contributed by atoms with Gasteiger partial charge >= 0.3 is 0 Å². The molecule has 18 heavy (non-hydrogen) atoms. The number of carbonyl (C=O) groups excluding carboxylic acids is 1. The van der Waals surface area contributed by atoms with Gasteiger partial charge in [-0.2, -0.15) is 0 Å². The third kappa shape index (κ3) is 4.23. The van der Waals surface area contributed by atoms with Gasteiger partial charge in [0.05, 0.1) is 6.61 Å². The Morgan fingerprint density at radius 3 is 1.61 bits per heavy atom. The number of hydrogen-bond donors (Lipinski definition) is 8. The van der Waals surface area contributed by atoms with Gasteiger partial charge in [-0.25, -0.2) is 0 Å². The van der Waals surface area contributed by atoms with E-state index in [9.17, 15) is 25.2 Å². The van der Waals surface area contributed by atoms with E-state index in [4.69, 9.17) is 20.4 Å². The molecule has 9 heteroatoms. The van der Waals surface area contributed by atoms with Gasteiger partial charge in [-0.1, -0.05) is 0 Å². The molecule has 0 saturated heterocycles. The Labute approximate surface area is 102 Å². The van der Waals surface area contributed by atoms with Crippen LogP contribution >= 0.6 is 0 Å². The first-order valence-electron chi connectivity index (χ1n) is 5.10.